The van der Waals surface area contributed by atoms with Crippen molar-refractivity contribution in [1.29, 1.82) is 0 Å². The monoisotopic (exact) mass is 285 g/mol. The van der Waals surface area contributed by atoms with Gasteiger partial charge in [-0.05, 0) is 43.8 Å². The number of hydrogen-bond donors (Lipinski definition) is 1. The third kappa shape index (κ3) is 4.59. The molecule has 1 N–H and O–H groups in total. The summed E-state index contributed by atoms with van der Waals surface area (Å²) >= 11 is 0. The van der Waals surface area contributed by atoms with Crippen molar-refractivity contribution in [2.45, 2.75) is 12.5 Å². The standard InChI is InChI=1S/C18H23NO2/c1-19(2)18(14-15-6-4-3-5-7-15)16-8-10-17(11-9-16)21-13-12-20/h3-11,18,20H,12-14H2,1-2H3. The summed E-state index contributed by atoms with van der Waals surface area (Å²) in [6.07, 6.45) is 0.977. The normalized spacial score (nSPS) is 12.4. The van der Waals surface area contributed by atoms with Crippen molar-refractivity contribution in [2.75, 3.05) is 27.3 Å². The van der Waals surface area contributed by atoms with Crippen molar-refractivity contribution < 1.29 is 9.84 Å². The van der Waals surface area contributed by atoms with E-state index in [9.17, 15) is 0 Å². The molecule has 0 fully saturated rings. The molecule has 2 rings (SSSR count). The van der Waals surface area contributed by atoms with Crippen LogP contribution in [0.3, 0.4) is 0 Å². The minimum Gasteiger partial charge on any atom is -0.491 e. The van der Waals surface area contributed by atoms with Gasteiger partial charge in [0.2, 0.25) is 0 Å². The van der Waals surface area contributed by atoms with E-state index in [2.05, 4.69) is 55.4 Å². The summed E-state index contributed by atoms with van der Waals surface area (Å²) in [5, 5.41) is 8.78. The van der Waals surface area contributed by atoms with Crippen LogP contribution in [-0.4, -0.2) is 37.3 Å². The average molecular weight is 285 g/mol. The van der Waals surface area contributed by atoms with E-state index in [-0.39, 0.29) is 6.61 Å². The SMILES string of the molecule is CN(C)C(Cc1ccccc1)c1ccc(OCCO)cc1. The van der Waals surface area contributed by atoms with Crippen molar-refractivity contribution in [3.8, 4) is 5.75 Å². The largest absolute Gasteiger partial charge is 0.491 e. The summed E-state index contributed by atoms with van der Waals surface area (Å²) in [6.45, 7) is 0.372. The predicted octanol–water partition coefficient (Wildman–Crippen LogP) is 2.90. The zero-order valence-electron chi connectivity index (χ0n) is 12.7. The molecule has 2 aromatic carbocycles. The molecule has 3 nitrogen and oxygen atoms in total. The first-order valence-corrected chi connectivity index (χ1v) is 7.24. The molecule has 0 amide bonds. The maximum atomic E-state index is 8.78. The van der Waals surface area contributed by atoms with E-state index in [1.165, 1.54) is 11.1 Å². The van der Waals surface area contributed by atoms with Gasteiger partial charge < -0.3 is 14.7 Å². The van der Waals surface area contributed by atoms with E-state index < -0.39 is 0 Å². The van der Waals surface area contributed by atoms with E-state index in [0.717, 1.165) is 12.2 Å². The van der Waals surface area contributed by atoms with Crippen LogP contribution < -0.4 is 4.74 Å². The highest BCUT2D eigenvalue weighted by atomic mass is 16.5. The fraction of sp³-hybridized carbons (Fsp3) is 0.333. The lowest BCUT2D eigenvalue weighted by atomic mass is 9.98. The molecule has 0 aliphatic rings. The predicted molar refractivity (Wildman–Crippen MR) is 85.6 cm³/mol. The Balaban J connectivity index is 2.11. The fourth-order valence-electron chi connectivity index (χ4n) is 2.39. The summed E-state index contributed by atoms with van der Waals surface area (Å²) in [6, 6.07) is 19.0. The quantitative estimate of drug-likeness (QED) is 0.849. The second-order valence-corrected chi connectivity index (χ2v) is 5.31. The smallest absolute Gasteiger partial charge is 0.119 e. The second kappa shape index (κ2) is 7.81. The first-order chi connectivity index (χ1) is 10.2. The van der Waals surface area contributed by atoms with E-state index in [4.69, 9.17) is 9.84 Å². The summed E-state index contributed by atoms with van der Waals surface area (Å²) < 4.78 is 5.41. The Morgan fingerprint density at radius 2 is 1.67 bits per heavy atom. The van der Waals surface area contributed by atoms with Gasteiger partial charge in [-0.1, -0.05) is 42.5 Å². The number of rotatable bonds is 7. The topological polar surface area (TPSA) is 32.7 Å². The first kappa shape index (κ1) is 15.5. The van der Waals surface area contributed by atoms with Crippen molar-refractivity contribution in [3.63, 3.8) is 0 Å². The molecule has 0 saturated heterocycles. The van der Waals surface area contributed by atoms with Gasteiger partial charge >= 0.3 is 0 Å². The summed E-state index contributed by atoms with van der Waals surface area (Å²) in [7, 11) is 4.20. The lowest BCUT2D eigenvalue weighted by Gasteiger charge is -2.25. The van der Waals surface area contributed by atoms with E-state index in [1.807, 2.05) is 18.2 Å². The minimum absolute atomic E-state index is 0.0378. The Morgan fingerprint density at radius 3 is 2.24 bits per heavy atom. The second-order valence-electron chi connectivity index (χ2n) is 5.31. The Morgan fingerprint density at radius 1 is 1.00 bits per heavy atom. The van der Waals surface area contributed by atoms with Gasteiger partial charge in [0.05, 0.1) is 6.61 Å². The number of ether oxygens (including phenoxy) is 1. The molecule has 0 radical (unpaired) electrons. The molecule has 1 unspecified atom stereocenters. The van der Waals surface area contributed by atoms with Crippen LogP contribution in [0.5, 0.6) is 5.75 Å². The van der Waals surface area contributed by atoms with Crippen molar-refractivity contribution >= 4 is 0 Å². The zero-order chi connectivity index (χ0) is 15.1. The lowest BCUT2D eigenvalue weighted by Crippen LogP contribution is -2.22. The van der Waals surface area contributed by atoms with E-state index >= 15 is 0 Å². The molecule has 0 aromatic heterocycles. The molecule has 0 saturated carbocycles. The van der Waals surface area contributed by atoms with Gasteiger partial charge in [0.1, 0.15) is 12.4 Å². The average Bonchev–Trinajstić information content (AvgIpc) is 2.52. The van der Waals surface area contributed by atoms with Gasteiger partial charge in [0.25, 0.3) is 0 Å². The third-order valence-electron chi connectivity index (χ3n) is 3.52. The van der Waals surface area contributed by atoms with E-state index in [0.29, 0.717) is 12.6 Å². The molecule has 0 heterocycles. The molecule has 3 heteroatoms. The molecular weight excluding hydrogens is 262 g/mol. The van der Waals surface area contributed by atoms with Crippen LogP contribution in [0, 0.1) is 0 Å². The Labute approximate surface area is 126 Å². The lowest BCUT2D eigenvalue weighted by molar-refractivity contribution is 0.201. The van der Waals surface area contributed by atoms with Gasteiger partial charge in [0.15, 0.2) is 0 Å². The highest BCUT2D eigenvalue weighted by Gasteiger charge is 2.14. The molecule has 0 bridgehead atoms. The minimum atomic E-state index is 0.0378. The van der Waals surface area contributed by atoms with Gasteiger partial charge in [-0.15, -0.1) is 0 Å². The molecule has 1 atom stereocenters. The number of hydrogen-bond acceptors (Lipinski definition) is 3. The van der Waals surface area contributed by atoms with Crippen molar-refractivity contribution in [3.05, 3.63) is 65.7 Å². The molecule has 21 heavy (non-hydrogen) atoms. The number of benzene rings is 2. The summed E-state index contributed by atoms with van der Waals surface area (Å²) in [4.78, 5) is 2.23. The summed E-state index contributed by atoms with van der Waals surface area (Å²) in [5.41, 5.74) is 2.59. The van der Waals surface area contributed by atoms with Crippen LogP contribution >= 0.6 is 0 Å². The Hall–Kier alpha value is -1.84. The Kier molecular flexibility index (Phi) is 5.78. The number of aliphatic hydroxyl groups excluding tert-OH is 1. The Bertz CT molecular complexity index is 523. The van der Waals surface area contributed by atoms with Crippen LogP contribution in [0.25, 0.3) is 0 Å². The molecule has 112 valence electrons. The third-order valence-corrected chi connectivity index (χ3v) is 3.52. The van der Waals surface area contributed by atoms with Gasteiger partial charge in [0, 0.05) is 6.04 Å². The van der Waals surface area contributed by atoms with Crippen LogP contribution in [0.2, 0.25) is 0 Å². The highest BCUT2D eigenvalue weighted by molar-refractivity contribution is 5.30. The highest BCUT2D eigenvalue weighted by Crippen LogP contribution is 2.25. The number of aliphatic hydroxyl groups is 1. The van der Waals surface area contributed by atoms with Gasteiger partial charge in [-0.25, -0.2) is 0 Å². The molecule has 0 spiro atoms. The molecule has 0 aliphatic carbocycles. The van der Waals surface area contributed by atoms with Crippen molar-refractivity contribution in [2.24, 2.45) is 0 Å². The summed E-state index contributed by atoms with van der Waals surface area (Å²) in [5.74, 6) is 0.796. The first-order valence-electron chi connectivity index (χ1n) is 7.24. The fourth-order valence-corrected chi connectivity index (χ4v) is 2.39. The van der Waals surface area contributed by atoms with Crippen LogP contribution in [0.1, 0.15) is 17.2 Å². The van der Waals surface area contributed by atoms with Crippen LogP contribution in [0.15, 0.2) is 54.6 Å². The zero-order valence-corrected chi connectivity index (χ0v) is 12.7. The van der Waals surface area contributed by atoms with Gasteiger partial charge in [-0.3, -0.25) is 0 Å². The van der Waals surface area contributed by atoms with Crippen molar-refractivity contribution in [1.82, 2.24) is 4.90 Å². The number of likely N-dealkylation sites (N-methyl/N-ethyl adjacent to an activating group) is 1. The van der Waals surface area contributed by atoms with Gasteiger partial charge in [-0.2, -0.15) is 0 Å². The maximum absolute atomic E-state index is 8.78. The molecular formula is C18H23NO2. The molecule has 2 aromatic rings. The van der Waals surface area contributed by atoms with Crippen LogP contribution in [-0.2, 0) is 6.42 Å². The van der Waals surface area contributed by atoms with Crippen LogP contribution in [0.4, 0.5) is 0 Å². The molecule has 0 aliphatic heterocycles. The maximum Gasteiger partial charge on any atom is 0.119 e. The number of nitrogens with zero attached hydrogens (tertiary/aromatic N) is 1. The van der Waals surface area contributed by atoms with E-state index in [1.54, 1.807) is 0 Å².